The van der Waals surface area contributed by atoms with Crippen LogP contribution in [0.3, 0.4) is 0 Å². The van der Waals surface area contributed by atoms with Gasteiger partial charge in [-0.25, -0.2) is 9.07 Å². The zero-order chi connectivity index (χ0) is 14.2. The van der Waals surface area contributed by atoms with Crippen LogP contribution in [0.2, 0.25) is 0 Å². The van der Waals surface area contributed by atoms with Gasteiger partial charge in [-0.15, -0.1) is 10.2 Å². The van der Waals surface area contributed by atoms with Crippen LogP contribution in [0, 0.1) is 5.82 Å². The van der Waals surface area contributed by atoms with E-state index < -0.39 is 0 Å². The van der Waals surface area contributed by atoms with Gasteiger partial charge in [0.1, 0.15) is 5.82 Å². The fourth-order valence-corrected chi connectivity index (χ4v) is 2.32. The second kappa shape index (κ2) is 4.52. The topological polar surface area (TPSA) is 48.0 Å². The molecule has 0 N–H and O–H groups in total. The Hall–Kier alpha value is -3.02. The van der Waals surface area contributed by atoms with Gasteiger partial charge < -0.3 is 0 Å². The molecule has 1 aromatic carbocycles. The van der Waals surface area contributed by atoms with E-state index in [0.29, 0.717) is 17.0 Å². The molecule has 0 aliphatic carbocycles. The molecule has 102 valence electrons. The summed E-state index contributed by atoms with van der Waals surface area (Å²) in [5.74, 6) is 0.254. The highest BCUT2D eigenvalue weighted by Gasteiger charge is 2.14. The molecule has 3 heterocycles. The lowest BCUT2D eigenvalue weighted by molar-refractivity contribution is 0.627. The first-order valence-electron chi connectivity index (χ1n) is 6.42. The van der Waals surface area contributed by atoms with Crippen molar-refractivity contribution in [2.75, 3.05) is 0 Å². The predicted octanol–water partition coefficient (Wildman–Crippen LogP) is 2.72. The Kier molecular flexibility index (Phi) is 2.53. The number of aromatic nitrogens is 5. The standard InChI is InChI=1S/C15H10FN5/c16-11-5-6-13(21-9-3-7-17-21)12(10-11)15-19-18-14-4-1-2-8-20(14)15/h1-10H. The molecule has 5 nitrogen and oxygen atoms in total. The van der Waals surface area contributed by atoms with Gasteiger partial charge in [0.15, 0.2) is 11.5 Å². The monoisotopic (exact) mass is 279 g/mol. The van der Waals surface area contributed by atoms with Crippen LogP contribution in [0.15, 0.2) is 61.1 Å². The quantitative estimate of drug-likeness (QED) is 0.567. The number of hydrogen-bond acceptors (Lipinski definition) is 3. The van der Waals surface area contributed by atoms with Gasteiger partial charge in [-0.1, -0.05) is 6.07 Å². The molecule has 0 unspecified atom stereocenters. The molecule has 0 spiro atoms. The van der Waals surface area contributed by atoms with Crippen LogP contribution in [0.4, 0.5) is 4.39 Å². The SMILES string of the molecule is Fc1ccc(-n2cccn2)c(-c2nnc3ccccn23)c1. The maximum absolute atomic E-state index is 13.7. The van der Waals surface area contributed by atoms with Gasteiger partial charge in [-0.05, 0) is 36.4 Å². The van der Waals surface area contributed by atoms with E-state index in [1.54, 1.807) is 23.1 Å². The van der Waals surface area contributed by atoms with Gasteiger partial charge in [0.05, 0.1) is 5.69 Å². The number of rotatable bonds is 2. The Morgan fingerprint density at radius 2 is 1.90 bits per heavy atom. The lowest BCUT2D eigenvalue weighted by Crippen LogP contribution is -2.00. The number of halogens is 1. The van der Waals surface area contributed by atoms with Crippen LogP contribution in [0.5, 0.6) is 0 Å². The van der Waals surface area contributed by atoms with Crippen molar-refractivity contribution in [2.24, 2.45) is 0 Å². The van der Waals surface area contributed by atoms with Gasteiger partial charge in [0.25, 0.3) is 0 Å². The van der Waals surface area contributed by atoms with Gasteiger partial charge in [-0.2, -0.15) is 5.10 Å². The third kappa shape index (κ3) is 1.88. The van der Waals surface area contributed by atoms with E-state index in [4.69, 9.17) is 0 Å². The van der Waals surface area contributed by atoms with Crippen molar-refractivity contribution in [3.63, 3.8) is 0 Å². The Bertz CT molecular complexity index is 911. The molecule has 0 fully saturated rings. The van der Waals surface area contributed by atoms with Crippen LogP contribution < -0.4 is 0 Å². The van der Waals surface area contributed by atoms with Crippen molar-refractivity contribution in [2.45, 2.75) is 0 Å². The molecular weight excluding hydrogens is 269 g/mol. The molecule has 0 radical (unpaired) electrons. The Morgan fingerprint density at radius 3 is 2.76 bits per heavy atom. The first kappa shape index (κ1) is 11.8. The molecule has 0 aliphatic heterocycles. The van der Waals surface area contributed by atoms with Crippen LogP contribution in [0.1, 0.15) is 0 Å². The van der Waals surface area contributed by atoms with E-state index in [2.05, 4.69) is 15.3 Å². The van der Waals surface area contributed by atoms with Gasteiger partial charge in [0, 0.05) is 24.2 Å². The molecule has 6 heteroatoms. The van der Waals surface area contributed by atoms with E-state index >= 15 is 0 Å². The zero-order valence-electron chi connectivity index (χ0n) is 10.9. The molecule has 0 amide bonds. The minimum Gasteiger partial charge on any atom is -0.282 e. The van der Waals surface area contributed by atoms with Crippen molar-refractivity contribution in [1.82, 2.24) is 24.4 Å². The lowest BCUT2D eigenvalue weighted by Gasteiger charge is -2.08. The fourth-order valence-electron chi connectivity index (χ4n) is 2.32. The molecular formula is C15H10FN5. The predicted molar refractivity (Wildman–Crippen MR) is 75.5 cm³/mol. The largest absolute Gasteiger partial charge is 0.282 e. The maximum Gasteiger partial charge on any atom is 0.170 e. The number of fused-ring (bicyclic) bond motifs is 1. The average molecular weight is 279 g/mol. The molecule has 3 aromatic heterocycles. The Labute approximate surface area is 119 Å². The zero-order valence-corrected chi connectivity index (χ0v) is 10.9. The smallest absolute Gasteiger partial charge is 0.170 e. The summed E-state index contributed by atoms with van der Waals surface area (Å²) in [6, 6.07) is 12.0. The average Bonchev–Trinajstić information content (AvgIpc) is 3.16. The highest BCUT2D eigenvalue weighted by molar-refractivity contribution is 5.69. The summed E-state index contributed by atoms with van der Waals surface area (Å²) < 4.78 is 17.2. The highest BCUT2D eigenvalue weighted by Crippen LogP contribution is 2.26. The van der Waals surface area contributed by atoms with Crippen LogP contribution in [-0.2, 0) is 0 Å². The summed E-state index contributed by atoms with van der Waals surface area (Å²) in [7, 11) is 0. The summed E-state index contributed by atoms with van der Waals surface area (Å²) >= 11 is 0. The molecule has 0 saturated carbocycles. The van der Waals surface area contributed by atoms with Gasteiger partial charge in [0.2, 0.25) is 0 Å². The van der Waals surface area contributed by atoms with E-state index in [0.717, 1.165) is 5.69 Å². The Balaban J connectivity index is 2.02. The van der Waals surface area contributed by atoms with Crippen LogP contribution >= 0.6 is 0 Å². The summed E-state index contributed by atoms with van der Waals surface area (Å²) in [5, 5.41) is 12.5. The number of hydrogen-bond donors (Lipinski definition) is 0. The maximum atomic E-state index is 13.7. The molecule has 0 atom stereocenters. The second-order valence-electron chi connectivity index (χ2n) is 4.56. The Morgan fingerprint density at radius 1 is 0.952 bits per heavy atom. The van der Waals surface area contributed by atoms with E-state index in [1.165, 1.54) is 12.1 Å². The summed E-state index contributed by atoms with van der Waals surface area (Å²) in [6.07, 6.45) is 5.33. The number of benzene rings is 1. The van der Waals surface area contributed by atoms with E-state index in [-0.39, 0.29) is 5.82 Å². The summed E-state index contributed by atoms with van der Waals surface area (Å²) in [5.41, 5.74) is 2.10. The normalized spacial score (nSPS) is 11.1. The molecule has 4 rings (SSSR count). The number of nitrogens with zero attached hydrogens (tertiary/aromatic N) is 5. The number of pyridine rings is 1. The minimum atomic E-state index is -0.325. The first-order chi connectivity index (χ1) is 10.3. The lowest BCUT2D eigenvalue weighted by atomic mass is 10.1. The summed E-state index contributed by atoms with van der Waals surface area (Å²) in [6.45, 7) is 0. The van der Waals surface area contributed by atoms with Crippen molar-refractivity contribution in [1.29, 1.82) is 0 Å². The second-order valence-corrected chi connectivity index (χ2v) is 4.56. The van der Waals surface area contributed by atoms with Crippen LogP contribution in [-0.4, -0.2) is 24.4 Å². The molecule has 4 aromatic rings. The van der Waals surface area contributed by atoms with Gasteiger partial charge in [-0.3, -0.25) is 4.40 Å². The van der Waals surface area contributed by atoms with Crippen LogP contribution in [0.25, 0.3) is 22.7 Å². The van der Waals surface area contributed by atoms with E-state index in [9.17, 15) is 4.39 Å². The fraction of sp³-hybridized carbons (Fsp3) is 0. The molecule has 0 bridgehead atoms. The van der Waals surface area contributed by atoms with Crippen molar-refractivity contribution < 1.29 is 4.39 Å². The van der Waals surface area contributed by atoms with E-state index in [1.807, 2.05) is 34.9 Å². The molecule has 0 aliphatic rings. The minimum absolute atomic E-state index is 0.325. The third-order valence-corrected chi connectivity index (χ3v) is 3.26. The highest BCUT2D eigenvalue weighted by atomic mass is 19.1. The molecule has 21 heavy (non-hydrogen) atoms. The third-order valence-electron chi connectivity index (χ3n) is 3.26. The van der Waals surface area contributed by atoms with Crippen molar-refractivity contribution in [3.8, 4) is 17.1 Å². The molecule has 0 saturated heterocycles. The van der Waals surface area contributed by atoms with Crippen molar-refractivity contribution in [3.05, 3.63) is 66.9 Å². The summed E-state index contributed by atoms with van der Waals surface area (Å²) in [4.78, 5) is 0. The van der Waals surface area contributed by atoms with Gasteiger partial charge >= 0.3 is 0 Å². The first-order valence-corrected chi connectivity index (χ1v) is 6.42. The van der Waals surface area contributed by atoms with Crippen molar-refractivity contribution >= 4 is 5.65 Å².